The zero-order valence-corrected chi connectivity index (χ0v) is 21.3. The van der Waals surface area contributed by atoms with Gasteiger partial charge in [0.2, 0.25) is 0 Å². The molecule has 0 fully saturated rings. The van der Waals surface area contributed by atoms with Gasteiger partial charge in [-0.05, 0) is 37.6 Å². The Hall–Kier alpha value is -2.75. The minimum absolute atomic E-state index is 0. The average molecular weight is 550 g/mol. The van der Waals surface area contributed by atoms with Crippen molar-refractivity contribution in [2.75, 3.05) is 27.2 Å². The maximum atomic E-state index is 11.7. The smallest absolute Gasteiger partial charge is 0.259 e. The molecule has 1 heterocycles. The fourth-order valence-electron chi connectivity index (χ4n) is 3.08. The molecule has 0 aliphatic heterocycles. The predicted molar refractivity (Wildman–Crippen MR) is 139 cm³/mol. The first-order valence-electron chi connectivity index (χ1n) is 10.4. The van der Waals surface area contributed by atoms with Gasteiger partial charge in [-0.15, -0.1) is 24.0 Å². The number of para-hydroxylation sites is 1. The largest absolute Gasteiger partial charge is 0.484 e. The molecule has 3 rings (SSSR count). The van der Waals surface area contributed by atoms with Gasteiger partial charge in [0.15, 0.2) is 12.6 Å². The molecule has 0 aliphatic carbocycles. The Labute approximate surface area is 206 Å². The summed E-state index contributed by atoms with van der Waals surface area (Å²) in [5.41, 5.74) is 3.02. The molecule has 0 aliphatic rings. The lowest BCUT2D eigenvalue weighted by atomic mass is 10.1. The number of ether oxygens (including phenoxy) is 1. The molecular formula is C24H31IN4O3. The molecule has 0 bridgehead atoms. The van der Waals surface area contributed by atoms with Crippen LogP contribution in [0.2, 0.25) is 0 Å². The maximum absolute atomic E-state index is 11.7. The predicted octanol–water partition coefficient (Wildman–Crippen LogP) is 4.08. The number of nitrogens with one attached hydrogen (secondary N) is 2. The van der Waals surface area contributed by atoms with Gasteiger partial charge >= 0.3 is 0 Å². The Morgan fingerprint density at radius 3 is 2.62 bits per heavy atom. The van der Waals surface area contributed by atoms with E-state index in [2.05, 4.69) is 28.6 Å². The molecule has 172 valence electrons. The van der Waals surface area contributed by atoms with Crippen molar-refractivity contribution >= 4 is 46.8 Å². The molecule has 2 aromatic carbocycles. The third kappa shape index (κ3) is 6.88. The number of amides is 1. The highest BCUT2D eigenvalue weighted by molar-refractivity contribution is 14.0. The fraction of sp³-hybridized carbons (Fsp3) is 0.333. The minimum Gasteiger partial charge on any atom is -0.484 e. The molecule has 0 atom stereocenters. The van der Waals surface area contributed by atoms with E-state index in [0.29, 0.717) is 24.8 Å². The van der Waals surface area contributed by atoms with E-state index in [-0.39, 0.29) is 36.5 Å². The molecule has 3 aromatic rings. The van der Waals surface area contributed by atoms with Crippen molar-refractivity contribution in [3.8, 4) is 5.75 Å². The number of halogens is 1. The number of likely N-dealkylation sites (N-methyl/N-ethyl adjacent to an activating group) is 1. The van der Waals surface area contributed by atoms with Crippen molar-refractivity contribution in [3.63, 3.8) is 0 Å². The van der Waals surface area contributed by atoms with Crippen LogP contribution >= 0.6 is 24.0 Å². The Balaban J connectivity index is 0.00000363. The molecule has 2 N–H and O–H groups in total. The number of aliphatic imine (C=N–C) groups is 1. The molecule has 0 spiro atoms. The van der Waals surface area contributed by atoms with Gasteiger partial charge in [-0.3, -0.25) is 4.79 Å². The van der Waals surface area contributed by atoms with Crippen LogP contribution in [-0.4, -0.2) is 44.0 Å². The van der Waals surface area contributed by atoms with Crippen LogP contribution in [0.3, 0.4) is 0 Å². The van der Waals surface area contributed by atoms with Gasteiger partial charge in [0.05, 0.1) is 13.1 Å². The van der Waals surface area contributed by atoms with Gasteiger partial charge in [0.1, 0.15) is 17.1 Å². The number of nitrogens with zero attached hydrogens (tertiary/aromatic N) is 2. The number of furan rings is 1. The number of fused-ring (bicyclic) bond motifs is 1. The number of benzene rings is 2. The highest BCUT2D eigenvalue weighted by atomic mass is 127. The summed E-state index contributed by atoms with van der Waals surface area (Å²) in [7, 11) is 3.41. The molecule has 7 nitrogen and oxygen atoms in total. The number of aryl methyl sites for hydroxylation is 1. The number of carbonyl (C=O) groups excluding carboxylic acids is 1. The van der Waals surface area contributed by atoms with Crippen LogP contribution in [0.1, 0.15) is 23.8 Å². The number of hydrogen-bond acceptors (Lipinski definition) is 4. The fourth-order valence-corrected chi connectivity index (χ4v) is 3.08. The van der Waals surface area contributed by atoms with Gasteiger partial charge < -0.3 is 24.7 Å². The summed E-state index contributed by atoms with van der Waals surface area (Å²) < 4.78 is 11.6. The van der Waals surface area contributed by atoms with E-state index in [1.807, 2.05) is 49.4 Å². The monoisotopic (exact) mass is 550 g/mol. The average Bonchev–Trinajstić information content (AvgIpc) is 3.10. The molecule has 1 amide bonds. The van der Waals surface area contributed by atoms with Crippen molar-refractivity contribution in [2.45, 2.75) is 26.9 Å². The van der Waals surface area contributed by atoms with E-state index < -0.39 is 0 Å². The van der Waals surface area contributed by atoms with E-state index in [9.17, 15) is 4.79 Å². The lowest BCUT2D eigenvalue weighted by Gasteiger charge is -2.12. The van der Waals surface area contributed by atoms with E-state index in [1.54, 1.807) is 14.1 Å². The van der Waals surface area contributed by atoms with Crippen LogP contribution in [0.25, 0.3) is 11.0 Å². The lowest BCUT2D eigenvalue weighted by molar-refractivity contribution is -0.130. The van der Waals surface area contributed by atoms with Gasteiger partial charge in [-0.1, -0.05) is 30.3 Å². The molecule has 0 unspecified atom stereocenters. The number of rotatable bonds is 8. The zero-order chi connectivity index (χ0) is 22.2. The van der Waals surface area contributed by atoms with Gasteiger partial charge in [0, 0.05) is 31.6 Å². The second kappa shape index (κ2) is 12.3. The molecule has 8 heteroatoms. The number of carbonyl (C=O) groups is 1. The second-order valence-corrected chi connectivity index (χ2v) is 7.42. The van der Waals surface area contributed by atoms with Gasteiger partial charge in [0.25, 0.3) is 5.91 Å². The Kier molecular flexibility index (Phi) is 9.83. The third-order valence-electron chi connectivity index (χ3n) is 4.88. The van der Waals surface area contributed by atoms with E-state index >= 15 is 0 Å². The van der Waals surface area contributed by atoms with Crippen molar-refractivity contribution < 1.29 is 13.9 Å². The van der Waals surface area contributed by atoms with E-state index in [4.69, 9.17) is 9.15 Å². The normalized spacial score (nSPS) is 11.1. The molecule has 32 heavy (non-hydrogen) atoms. The van der Waals surface area contributed by atoms with Crippen molar-refractivity contribution in [2.24, 2.45) is 4.99 Å². The topological polar surface area (TPSA) is 79.1 Å². The third-order valence-corrected chi connectivity index (χ3v) is 4.88. The van der Waals surface area contributed by atoms with Crippen molar-refractivity contribution in [3.05, 3.63) is 65.4 Å². The quantitative estimate of drug-likeness (QED) is 0.251. The molecule has 0 saturated carbocycles. The number of guanidine groups is 1. The summed E-state index contributed by atoms with van der Waals surface area (Å²) >= 11 is 0. The molecule has 0 radical (unpaired) electrons. The number of hydrogen-bond donors (Lipinski definition) is 2. The Bertz CT molecular complexity index is 1060. The van der Waals surface area contributed by atoms with Gasteiger partial charge in [-0.2, -0.15) is 0 Å². The van der Waals surface area contributed by atoms with Crippen LogP contribution in [0.5, 0.6) is 5.75 Å². The Morgan fingerprint density at radius 1 is 1.12 bits per heavy atom. The van der Waals surface area contributed by atoms with Crippen LogP contribution in [-0.2, 0) is 17.9 Å². The van der Waals surface area contributed by atoms with Crippen molar-refractivity contribution in [1.29, 1.82) is 0 Å². The zero-order valence-electron chi connectivity index (χ0n) is 19.0. The van der Waals surface area contributed by atoms with E-state index in [0.717, 1.165) is 34.4 Å². The first kappa shape index (κ1) is 25.5. The minimum atomic E-state index is -0.0806. The summed E-state index contributed by atoms with van der Waals surface area (Å²) in [4.78, 5) is 17.9. The summed E-state index contributed by atoms with van der Waals surface area (Å²) in [6, 6.07) is 15.7. The highest BCUT2D eigenvalue weighted by Gasteiger charge is 2.10. The van der Waals surface area contributed by atoms with Crippen molar-refractivity contribution in [1.82, 2.24) is 15.5 Å². The summed E-state index contributed by atoms with van der Waals surface area (Å²) in [5, 5.41) is 7.73. The van der Waals surface area contributed by atoms with Crippen LogP contribution in [0.4, 0.5) is 0 Å². The highest BCUT2D eigenvalue weighted by Crippen LogP contribution is 2.24. The van der Waals surface area contributed by atoms with Crippen LogP contribution in [0, 0.1) is 6.92 Å². The molecule has 0 saturated heterocycles. The lowest BCUT2D eigenvalue weighted by Crippen LogP contribution is -2.36. The summed E-state index contributed by atoms with van der Waals surface area (Å²) in [6.07, 6.45) is 0. The first-order valence-corrected chi connectivity index (χ1v) is 10.4. The second-order valence-electron chi connectivity index (χ2n) is 7.42. The molecule has 1 aromatic heterocycles. The molecular weight excluding hydrogens is 519 g/mol. The SMILES string of the molecule is CCNC(=NCc1cccc(OCC(=O)N(C)C)c1)NCc1oc2ccccc2c1C.I. The standard InChI is InChI=1S/C24H30N4O3.HI/c1-5-25-24(27-15-22-17(2)20-11-6-7-12-21(20)31-22)26-14-18-9-8-10-19(13-18)30-16-23(29)28(3)4;/h6-13H,5,14-16H2,1-4H3,(H2,25,26,27);1H. The first-order chi connectivity index (χ1) is 15.0. The van der Waals surface area contributed by atoms with Gasteiger partial charge in [-0.25, -0.2) is 4.99 Å². The van der Waals surface area contributed by atoms with E-state index in [1.165, 1.54) is 4.90 Å². The summed E-state index contributed by atoms with van der Waals surface area (Å²) in [6.45, 7) is 5.89. The Morgan fingerprint density at radius 2 is 1.91 bits per heavy atom. The summed E-state index contributed by atoms with van der Waals surface area (Å²) in [5.74, 6) is 2.17. The van der Waals surface area contributed by atoms with Crippen LogP contribution in [0.15, 0.2) is 57.9 Å². The maximum Gasteiger partial charge on any atom is 0.259 e. The van der Waals surface area contributed by atoms with Crippen LogP contribution < -0.4 is 15.4 Å².